The van der Waals surface area contributed by atoms with Gasteiger partial charge in [0.15, 0.2) is 0 Å². The highest BCUT2D eigenvalue weighted by atomic mass is 32.3. The predicted molar refractivity (Wildman–Crippen MR) is 85.0 cm³/mol. The molecule has 0 bridgehead atoms. The van der Waals surface area contributed by atoms with E-state index >= 15 is 0 Å². The molecule has 1 heterocycles. The average molecular weight is 322 g/mol. The second-order valence-electron chi connectivity index (χ2n) is 5.12. The molecule has 0 atom stereocenters. The third kappa shape index (κ3) is 13.9. The Kier molecular flexibility index (Phi) is 11.4. The summed E-state index contributed by atoms with van der Waals surface area (Å²) in [6, 6.07) is 0. The molecule has 21 heavy (non-hydrogen) atoms. The molecule has 0 radical (unpaired) electrons. The summed E-state index contributed by atoms with van der Waals surface area (Å²) in [6.45, 7) is 6.55. The number of unbranched alkanes of at least 4 members (excludes halogenated alkanes) is 5. The van der Waals surface area contributed by atoms with E-state index in [4.69, 9.17) is 4.55 Å². The SMILES string of the molecule is CCCCCCCCOS(=O)(=O)O.CCN1C=CN(C)C1. The summed E-state index contributed by atoms with van der Waals surface area (Å²) in [5.74, 6) is 0. The highest BCUT2D eigenvalue weighted by Crippen LogP contribution is 2.05. The van der Waals surface area contributed by atoms with Crippen LogP contribution in [-0.4, -0.2) is 49.6 Å². The third-order valence-electron chi connectivity index (χ3n) is 3.07. The summed E-state index contributed by atoms with van der Waals surface area (Å²) in [6.07, 6.45) is 10.5. The van der Waals surface area contributed by atoms with Gasteiger partial charge in [-0.3, -0.25) is 4.55 Å². The van der Waals surface area contributed by atoms with E-state index in [-0.39, 0.29) is 6.61 Å². The van der Waals surface area contributed by atoms with Crippen molar-refractivity contribution >= 4 is 10.4 Å². The Morgan fingerprint density at radius 2 is 1.71 bits per heavy atom. The lowest BCUT2D eigenvalue weighted by Gasteiger charge is -2.14. The quantitative estimate of drug-likeness (QED) is 0.520. The van der Waals surface area contributed by atoms with Crippen molar-refractivity contribution in [3.8, 4) is 0 Å². The molecule has 0 aliphatic carbocycles. The highest BCUT2D eigenvalue weighted by Gasteiger charge is 2.03. The largest absolute Gasteiger partial charge is 0.397 e. The summed E-state index contributed by atoms with van der Waals surface area (Å²) >= 11 is 0. The molecule has 0 spiro atoms. The molecule has 126 valence electrons. The van der Waals surface area contributed by atoms with Gasteiger partial charge in [0.05, 0.1) is 13.3 Å². The molecule has 0 aromatic rings. The molecular weight excluding hydrogens is 292 g/mol. The number of hydrogen-bond acceptors (Lipinski definition) is 5. The monoisotopic (exact) mass is 322 g/mol. The Hall–Kier alpha value is -0.790. The van der Waals surface area contributed by atoms with Crippen LogP contribution in [0.15, 0.2) is 12.4 Å². The van der Waals surface area contributed by atoms with Crippen molar-refractivity contribution in [2.24, 2.45) is 0 Å². The van der Waals surface area contributed by atoms with E-state index in [0.29, 0.717) is 6.42 Å². The van der Waals surface area contributed by atoms with Crippen molar-refractivity contribution in [3.05, 3.63) is 12.4 Å². The van der Waals surface area contributed by atoms with Crippen molar-refractivity contribution in [1.82, 2.24) is 9.80 Å². The van der Waals surface area contributed by atoms with E-state index in [1.54, 1.807) is 0 Å². The minimum atomic E-state index is -4.22. The first-order valence-corrected chi connectivity index (χ1v) is 9.00. The van der Waals surface area contributed by atoms with Crippen LogP contribution >= 0.6 is 0 Å². The Morgan fingerprint density at radius 3 is 2.14 bits per heavy atom. The van der Waals surface area contributed by atoms with Crippen LogP contribution in [0.25, 0.3) is 0 Å². The normalized spacial score (nSPS) is 14.3. The van der Waals surface area contributed by atoms with E-state index in [2.05, 4.69) is 47.3 Å². The molecule has 0 saturated carbocycles. The maximum Gasteiger partial charge on any atom is 0.397 e. The molecule has 0 saturated heterocycles. The molecule has 1 N–H and O–H groups in total. The zero-order chi connectivity index (χ0) is 16.1. The van der Waals surface area contributed by atoms with Gasteiger partial charge in [-0.25, -0.2) is 4.18 Å². The molecule has 7 heteroatoms. The summed E-state index contributed by atoms with van der Waals surface area (Å²) in [4.78, 5) is 4.41. The van der Waals surface area contributed by atoms with Gasteiger partial charge in [-0.2, -0.15) is 8.42 Å². The van der Waals surface area contributed by atoms with Crippen molar-refractivity contribution in [1.29, 1.82) is 0 Å². The lowest BCUT2D eigenvalue weighted by atomic mass is 10.1. The van der Waals surface area contributed by atoms with Crippen LogP contribution < -0.4 is 0 Å². The second-order valence-corrected chi connectivity index (χ2v) is 6.21. The van der Waals surface area contributed by atoms with Crippen molar-refractivity contribution < 1.29 is 17.2 Å². The Morgan fingerprint density at radius 1 is 1.10 bits per heavy atom. The summed E-state index contributed by atoms with van der Waals surface area (Å²) in [7, 11) is -2.15. The van der Waals surface area contributed by atoms with E-state index in [0.717, 1.165) is 26.1 Å². The zero-order valence-corrected chi connectivity index (χ0v) is 14.3. The number of rotatable bonds is 9. The fourth-order valence-corrected chi connectivity index (χ4v) is 2.17. The van der Waals surface area contributed by atoms with Gasteiger partial charge in [-0.05, 0) is 13.3 Å². The van der Waals surface area contributed by atoms with Gasteiger partial charge in [-0.15, -0.1) is 0 Å². The molecule has 0 fully saturated rings. The van der Waals surface area contributed by atoms with Gasteiger partial charge < -0.3 is 9.80 Å². The standard InChI is InChI=1S/C8H18O4S.C6H12N2/c1-2-3-4-5-6-7-8-12-13(9,10)11;1-3-8-5-4-7(2)6-8/h2-8H2,1H3,(H,9,10,11);4-5H,3,6H2,1-2H3. The Bertz CT molecular complexity index is 371. The Labute approximate surface area is 129 Å². The predicted octanol–water partition coefficient (Wildman–Crippen LogP) is 2.85. The lowest BCUT2D eigenvalue weighted by Crippen LogP contribution is -2.21. The van der Waals surface area contributed by atoms with Crippen LogP contribution in [0.5, 0.6) is 0 Å². The second kappa shape index (κ2) is 11.8. The molecule has 0 aromatic heterocycles. The van der Waals surface area contributed by atoms with Crippen molar-refractivity contribution in [3.63, 3.8) is 0 Å². The fourth-order valence-electron chi connectivity index (χ4n) is 1.84. The van der Waals surface area contributed by atoms with Crippen LogP contribution in [0.2, 0.25) is 0 Å². The van der Waals surface area contributed by atoms with Gasteiger partial charge in [0.1, 0.15) is 0 Å². The van der Waals surface area contributed by atoms with Gasteiger partial charge in [0.25, 0.3) is 0 Å². The van der Waals surface area contributed by atoms with Crippen LogP contribution in [0.3, 0.4) is 0 Å². The Balaban J connectivity index is 0.000000423. The smallest absolute Gasteiger partial charge is 0.362 e. The van der Waals surface area contributed by atoms with Gasteiger partial charge in [0.2, 0.25) is 0 Å². The van der Waals surface area contributed by atoms with E-state index in [1.165, 1.54) is 19.3 Å². The third-order valence-corrected chi connectivity index (χ3v) is 3.54. The molecule has 0 amide bonds. The van der Waals surface area contributed by atoms with Crippen LogP contribution in [0, 0.1) is 0 Å². The molecule has 0 aromatic carbocycles. The minimum absolute atomic E-state index is 0.0883. The molecule has 1 rings (SSSR count). The summed E-state index contributed by atoms with van der Waals surface area (Å²) < 4.78 is 32.6. The van der Waals surface area contributed by atoms with E-state index in [9.17, 15) is 8.42 Å². The first-order valence-electron chi connectivity index (χ1n) is 7.63. The molecule has 1 aliphatic heterocycles. The topological polar surface area (TPSA) is 70.1 Å². The summed E-state index contributed by atoms with van der Waals surface area (Å²) in [5.41, 5.74) is 0. The average Bonchev–Trinajstić information content (AvgIpc) is 2.83. The molecule has 6 nitrogen and oxygen atoms in total. The minimum Gasteiger partial charge on any atom is -0.362 e. The maximum atomic E-state index is 10.1. The first-order chi connectivity index (χ1) is 9.89. The molecular formula is C14H30N2O4S. The van der Waals surface area contributed by atoms with Crippen LogP contribution in [-0.2, 0) is 14.6 Å². The van der Waals surface area contributed by atoms with Gasteiger partial charge in [-0.1, -0.05) is 39.0 Å². The summed E-state index contributed by atoms with van der Waals surface area (Å²) in [5, 5.41) is 0. The zero-order valence-electron chi connectivity index (χ0n) is 13.5. The number of hydrogen-bond donors (Lipinski definition) is 1. The van der Waals surface area contributed by atoms with Crippen molar-refractivity contribution in [2.45, 2.75) is 52.4 Å². The maximum absolute atomic E-state index is 10.1. The van der Waals surface area contributed by atoms with Gasteiger partial charge >= 0.3 is 10.4 Å². The lowest BCUT2D eigenvalue weighted by molar-refractivity contribution is 0.261. The van der Waals surface area contributed by atoms with E-state index in [1.807, 2.05) is 0 Å². The number of nitrogens with zero attached hydrogens (tertiary/aromatic N) is 2. The van der Waals surface area contributed by atoms with Crippen LogP contribution in [0.1, 0.15) is 52.4 Å². The van der Waals surface area contributed by atoms with E-state index < -0.39 is 10.4 Å². The van der Waals surface area contributed by atoms with Gasteiger partial charge in [0, 0.05) is 26.0 Å². The van der Waals surface area contributed by atoms with Crippen LogP contribution in [0.4, 0.5) is 0 Å². The molecule has 1 aliphatic rings. The van der Waals surface area contributed by atoms with Crippen molar-refractivity contribution in [2.75, 3.05) is 26.9 Å². The first kappa shape index (κ1) is 20.2. The highest BCUT2D eigenvalue weighted by molar-refractivity contribution is 7.80. The molecule has 0 unspecified atom stereocenters. The fraction of sp³-hybridized carbons (Fsp3) is 0.857.